The second-order valence-electron chi connectivity index (χ2n) is 5.92. The third-order valence-electron chi connectivity index (χ3n) is 3.65. The number of hydrogen-bond donors (Lipinski definition) is 0. The molecule has 0 N–H and O–H groups in total. The van der Waals surface area contributed by atoms with Gasteiger partial charge in [-0.25, -0.2) is 4.68 Å². The third-order valence-corrected chi connectivity index (χ3v) is 3.65. The summed E-state index contributed by atoms with van der Waals surface area (Å²) in [7, 11) is 0. The van der Waals surface area contributed by atoms with Crippen LogP contribution in [0.2, 0.25) is 0 Å². The molecule has 0 spiro atoms. The highest BCUT2D eigenvalue weighted by Gasteiger charge is 2.17. The van der Waals surface area contributed by atoms with Gasteiger partial charge in [0, 0.05) is 19.2 Å². The van der Waals surface area contributed by atoms with E-state index in [1.54, 1.807) is 26.1 Å². The van der Waals surface area contributed by atoms with Gasteiger partial charge in [-0.15, -0.1) is 0 Å². The average molecular weight is 293 g/mol. The summed E-state index contributed by atoms with van der Waals surface area (Å²) in [5.74, 6) is 0.291. The van der Waals surface area contributed by atoms with Gasteiger partial charge < -0.3 is 9.64 Å². The molecule has 6 heteroatoms. The van der Waals surface area contributed by atoms with E-state index in [4.69, 9.17) is 4.74 Å². The van der Waals surface area contributed by atoms with Crippen molar-refractivity contribution in [1.82, 2.24) is 9.78 Å². The van der Waals surface area contributed by atoms with Gasteiger partial charge in [0.25, 0.3) is 5.56 Å². The van der Waals surface area contributed by atoms with Crippen LogP contribution in [0.3, 0.4) is 0 Å². The minimum absolute atomic E-state index is 0.145. The van der Waals surface area contributed by atoms with Gasteiger partial charge in [0.05, 0.1) is 18.0 Å². The van der Waals surface area contributed by atoms with E-state index in [0.717, 1.165) is 42.2 Å². The first-order chi connectivity index (χ1) is 9.95. The molecule has 0 atom stereocenters. The Balaban J connectivity index is 2.04. The topological polar surface area (TPSA) is 64.4 Å². The Kier molecular flexibility index (Phi) is 4.98. The smallest absolute Gasteiger partial charge is 0.328 e. The fraction of sp³-hybridized carbons (Fsp3) is 0.667. The van der Waals surface area contributed by atoms with Crippen LogP contribution in [0.25, 0.3) is 0 Å². The van der Waals surface area contributed by atoms with Crippen LogP contribution in [0.15, 0.2) is 17.1 Å². The first kappa shape index (κ1) is 15.5. The van der Waals surface area contributed by atoms with Gasteiger partial charge in [0.2, 0.25) is 0 Å². The van der Waals surface area contributed by atoms with Gasteiger partial charge >= 0.3 is 5.97 Å². The van der Waals surface area contributed by atoms with E-state index in [0.29, 0.717) is 0 Å². The molecule has 0 unspecified atom stereocenters. The van der Waals surface area contributed by atoms with Gasteiger partial charge in [0.1, 0.15) is 6.54 Å². The van der Waals surface area contributed by atoms with Crippen molar-refractivity contribution in [2.24, 2.45) is 5.92 Å². The Morgan fingerprint density at radius 2 is 2.10 bits per heavy atom. The van der Waals surface area contributed by atoms with Gasteiger partial charge in [-0.05, 0) is 32.6 Å². The second kappa shape index (κ2) is 6.74. The van der Waals surface area contributed by atoms with Gasteiger partial charge in [0.15, 0.2) is 0 Å². The minimum Gasteiger partial charge on any atom is -0.462 e. The quantitative estimate of drug-likeness (QED) is 0.786. The molecule has 0 amide bonds. The van der Waals surface area contributed by atoms with Crippen molar-refractivity contribution in [2.45, 2.75) is 46.3 Å². The fourth-order valence-corrected chi connectivity index (χ4v) is 2.40. The van der Waals surface area contributed by atoms with E-state index in [1.807, 2.05) is 0 Å². The van der Waals surface area contributed by atoms with Crippen LogP contribution < -0.4 is 10.5 Å². The Bertz CT molecular complexity index is 545. The molecule has 116 valence electrons. The van der Waals surface area contributed by atoms with Crippen LogP contribution >= 0.6 is 0 Å². The van der Waals surface area contributed by atoms with Crippen molar-refractivity contribution >= 4 is 11.7 Å². The Hall–Kier alpha value is -1.85. The zero-order chi connectivity index (χ0) is 15.4. The molecule has 2 rings (SSSR count). The van der Waals surface area contributed by atoms with Crippen molar-refractivity contribution < 1.29 is 9.53 Å². The van der Waals surface area contributed by atoms with Gasteiger partial charge in [-0.2, -0.15) is 5.10 Å². The Morgan fingerprint density at radius 3 is 2.67 bits per heavy atom. The predicted molar refractivity (Wildman–Crippen MR) is 80.3 cm³/mol. The molecule has 0 radical (unpaired) electrons. The monoisotopic (exact) mass is 293 g/mol. The molecule has 0 saturated carbocycles. The lowest BCUT2D eigenvalue weighted by Gasteiger charge is -2.31. The summed E-state index contributed by atoms with van der Waals surface area (Å²) in [5, 5.41) is 4.08. The summed E-state index contributed by atoms with van der Waals surface area (Å²) in [6, 6.07) is 1.55. The summed E-state index contributed by atoms with van der Waals surface area (Å²) in [4.78, 5) is 25.8. The van der Waals surface area contributed by atoms with E-state index in [2.05, 4.69) is 16.9 Å². The van der Waals surface area contributed by atoms with E-state index in [1.165, 1.54) is 0 Å². The van der Waals surface area contributed by atoms with Crippen molar-refractivity contribution in [3.05, 3.63) is 22.6 Å². The number of hydrogen-bond acceptors (Lipinski definition) is 5. The zero-order valence-electron chi connectivity index (χ0n) is 12.9. The number of rotatable bonds is 4. The van der Waals surface area contributed by atoms with Crippen LogP contribution in [0.5, 0.6) is 0 Å². The predicted octanol–water partition coefficient (Wildman–Crippen LogP) is 1.43. The number of carbonyl (C=O) groups is 1. The molecule has 1 aliphatic rings. The number of aromatic nitrogens is 2. The molecule has 0 aromatic carbocycles. The molecule has 0 bridgehead atoms. The molecule has 21 heavy (non-hydrogen) atoms. The highest BCUT2D eigenvalue weighted by Crippen LogP contribution is 2.20. The minimum atomic E-state index is -0.445. The molecule has 6 nitrogen and oxygen atoms in total. The molecular formula is C15H23N3O3. The SMILES string of the molecule is CC1CCN(c2cnn(CC(=O)OC(C)C)c(=O)c2)CC1. The first-order valence-electron chi connectivity index (χ1n) is 7.47. The van der Waals surface area contributed by atoms with Gasteiger partial charge in [-0.3, -0.25) is 9.59 Å². The summed E-state index contributed by atoms with van der Waals surface area (Å²) in [5.41, 5.74) is 0.562. The van der Waals surface area contributed by atoms with Crippen LogP contribution in [0.1, 0.15) is 33.6 Å². The lowest BCUT2D eigenvalue weighted by Crippen LogP contribution is -2.35. The Labute approximate surface area is 124 Å². The van der Waals surface area contributed by atoms with Crippen molar-refractivity contribution in [3.8, 4) is 0 Å². The largest absolute Gasteiger partial charge is 0.462 e. The summed E-state index contributed by atoms with van der Waals surface area (Å²) >= 11 is 0. The molecule has 1 aromatic heterocycles. The maximum Gasteiger partial charge on any atom is 0.328 e. The molecule has 1 aromatic rings. The first-order valence-corrected chi connectivity index (χ1v) is 7.47. The van der Waals surface area contributed by atoms with Gasteiger partial charge in [-0.1, -0.05) is 6.92 Å². The molecule has 2 heterocycles. The zero-order valence-corrected chi connectivity index (χ0v) is 12.9. The van der Waals surface area contributed by atoms with Crippen molar-refractivity contribution in [1.29, 1.82) is 0 Å². The fourth-order valence-electron chi connectivity index (χ4n) is 2.40. The lowest BCUT2D eigenvalue weighted by molar-refractivity contribution is -0.148. The van der Waals surface area contributed by atoms with E-state index >= 15 is 0 Å². The highest BCUT2D eigenvalue weighted by molar-refractivity contribution is 5.69. The third kappa shape index (κ3) is 4.31. The second-order valence-corrected chi connectivity index (χ2v) is 5.92. The van der Waals surface area contributed by atoms with Crippen LogP contribution in [0.4, 0.5) is 5.69 Å². The summed E-state index contributed by atoms with van der Waals surface area (Å²) < 4.78 is 6.16. The highest BCUT2D eigenvalue weighted by atomic mass is 16.5. The van der Waals surface area contributed by atoms with Crippen LogP contribution in [0, 0.1) is 5.92 Å². The van der Waals surface area contributed by atoms with Crippen LogP contribution in [-0.4, -0.2) is 34.9 Å². The molecule has 0 aliphatic carbocycles. The van der Waals surface area contributed by atoms with Crippen molar-refractivity contribution in [2.75, 3.05) is 18.0 Å². The van der Waals surface area contributed by atoms with E-state index < -0.39 is 5.97 Å². The number of ether oxygens (including phenoxy) is 1. The maximum absolute atomic E-state index is 12.0. The normalized spacial score (nSPS) is 16.3. The number of nitrogens with zero attached hydrogens (tertiary/aromatic N) is 3. The van der Waals surface area contributed by atoms with E-state index in [9.17, 15) is 9.59 Å². The summed E-state index contributed by atoms with van der Waals surface area (Å²) in [6.07, 6.45) is 3.72. The standard InChI is InChI=1S/C15H23N3O3/c1-11(2)21-15(20)10-18-14(19)8-13(9-16-18)17-6-4-12(3)5-7-17/h8-9,11-12H,4-7,10H2,1-3H3. The van der Waals surface area contributed by atoms with Crippen molar-refractivity contribution in [3.63, 3.8) is 0 Å². The number of esters is 1. The van der Waals surface area contributed by atoms with Crippen LogP contribution in [-0.2, 0) is 16.1 Å². The molecule has 1 aliphatic heterocycles. The number of anilines is 1. The summed E-state index contributed by atoms with van der Waals surface area (Å²) in [6.45, 7) is 7.54. The average Bonchev–Trinajstić information content (AvgIpc) is 2.41. The lowest BCUT2D eigenvalue weighted by atomic mass is 9.99. The number of carbonyl (C=O) groups excluding carboxylic acids is 1. The molecular weight excluding hydrogens is 270 g/mol. The van der Waals surface area contributed by atoms with E-state index in [-0.39, 0.29) is 18.2 Å². The maximum atomic E-state index is 12.0. The molecule has 1 saturated heterocycles. The molecule has 1 fully saturated rings. The number of piperidine rings is 1. The Morgan fingerprint density at radius 1 is 1.43 bits per heavy atom.